The number of halogens is 2. The van der Waals surface area contributed by atoms with Crippen LogP contribution in [0.25, 0.3) is 0 Å². The second kappa shape index (κ2) is 5.85. The number of sulfonamides is 1. The van der Waals surface area contributed by atoms with Crippen molar-refractivity contribution in [3.8, 4) is 0 Å². The maximum Gasteiger partial charge on any atom is 0.238 e. The van der Waals surface area contributed by atoms with Gasteiger partial charge in [0.2, 0.25) is 15.9 Å². The van der Waals surface area contributed by atoms with Crippen molar-refractivity contribution in [2.24, 2.45) is 22.4 Å². The van der Waals surface area contributed by atoms with Crippen LogP contribution in [0.1, 0.15) is 13.8 Å². The number of nitrogens with two attached hydrogens (primary N) is 1. The van der Waals surface area contributed by atoms with Crippen LogP contribution in [0.15, 0.2) is 39.7 Å². The summed E-state index contributed by atoms with van der Waals surface area (Å²) in [7, 11) is -3.74. The first kappa shape index (κ1) is 17.3. The molecule has 0 aromatic heterocycles. The molecule has 3 N–H and O–H groups in total. The Bertz CT molecular complexity index is 723. The van der Waals surface area contributed by atoms with E-state index in [9.17, 15) is 13.2 Å². The summed E-state index contributed by atoms with van der Waals surface area (Å²) >= 11 is 11.3. The van der Waals surface area contributed by atoms with Gasteiger partial charge in [0.15, 0.2) is 0 Å². The van der Waals surface area contributed by atoms with E-state index in [2.05, 4.69) is 5.32 Å². The molecule has 1 amide bonds. The molecule has 1 fully saturated rings. The maximum absolute atomic E-state index is 12.3. The molecule has 8 heteroatoms. The van der Waals surface area contributed by atoms with E-state index in [1.54, 1.807) is 6.08 Å². The van der Waals surface area contributed by atoms with Crippen LogP contribution in [0.5, 0.6) is 0 Å². The molecular formula is C14H16Cl2N2O3S. The first-order valence-corrected chi connectivity index (χ1v) is 8.80. The first-order chi connectivity index (χ1) is 10.0. The molecule has 0 aliphatic heterocycles. The lowest BCUT2D eigenvalue weighted by molar-refractivity contribution is -0.118. The predicted octanol–water partition coefficient (Wildman–Crippen LogP) is 2.86. The van der Waals surface area contributed by atoms with E-state index < -0.39 is 10.0 Å². The normalized spacial score (nSPS) is 22.8. The van der Waals surface area contributed by atoms with E-state index in [-0.39, 0.29) is 32.5 Å². The molecule has 1 aliphatic rings. The van der Waals surface area contributed by atoms with Crippen LogP contribution in [0.2, 0.25) is 0 Å². The van der Waals surface area contributed by atoms with E-state index in [4.69, 9.17) is 28.3 Å². The van der Waals surface area contributed by atoms with Gasteiger partial charge < -0.3 is 5.32 Å². The molecule has 0 heterocycles. The van der Waals surface area contributed by atoms with E-state index >= 15 is 0 Å². The number of primary sulfonamides is 1. The lowest BCUT2D eigenvalue weighted by Gasteiger charge is -2.07. The predicted molar refractivity (Wildman–Crippen MR) is 87.0 cm³/mol. The number of rotatable bonds is 4. The second-order valence-electron chi connectivity index (χ2n) is 5.84. The molecule has 0 unspecified atom stereocenters. The number of benzene rings is 1. The zero-order valence-electron chi connectivity index (χ0n) is 12.0. The fourth-order valence-electron chi connectivity index (χ4n) is 2.57. The quantitative estimate of drug-likeness (QED) is 0.862. The highest BCUT2D eigenvalue weighted by Crippen LogP contribution is 2.60. The molecule has 0 spiro atoms. The Morgan fingerprint density at radius 1 is 1.27 bits per heavy atom. The van der Waals surface area contributed by atoms with Crippen molar-refractivity contribution in [1.82, 2.24) is 0 Å². The topological polar surface area (TPSA) is 89.3 Å². The van der Waals surface area contributed by atoms with Gasteiger partial charge in [0, 0.05) is 5.69 Å². The van der Waals surface area contributed by atoms with Crippen LogP contribution in [0.3, 0.4) is 0 Å². The Hall–Kier alpha value is -1.08. The zero-order chi connectivity index (χ0) is 16.7. The molecule has 120 valence electrons. The Morgan fingerprint density at radius 2 is 1.82 bits per heavy atom. The van der Waals surface area contributed by atoms with Crippen LogP contribution in [-0.4, -0.2) is 14.3 Å². The molecule has 22 heavy (non-hydrogen) atoms. The van der Waals surface area contributed by atoms with Crippen LogP contribution in [-0.2, 0) is 14.8 Å². The van der Waals surface area contributed by atoms with Crippen LogP contribution in [0, 0.1) is 17.3 Å². The number of nitrogens with one attached hydrogen (secondary N) is 1. The van der Waals surface area contributed by atoms with Gasteiger partial charge in [-0.2, -0.15) is 0 Å². The van der Waals surface area contributed by atoms with Crippen molar-refractivity contribution < 1.29 is 13.2 Å². The summed E-state index contributed by atoms with van der Waals surface area (Å²) in [5.41, 5.74) is 0.277. The van der Waals surface area contributed by atoms with Crippen LogP contribution < -0.4 is 10.5 Å². The average molecular weight is 363 g/mol. The molecule has 0 saturated heterocycles. The summed E-state index contributed by atoms with van der Waals surface area (Å²) in [5, 5.41) is 7.77. The van der Waals surface area contributed by atoms with E-state index in [1.165, 1.54) is 24.3 Å². The monoisotopic (exact) mass is 362 g/mol. The molecule has 0 bridgehead atoms. The minimum Gasteiger partial charge on any atom is -0.326 e. The highest BCUT2D eigenvalue weighted by Gasteiger charge is 2.60. The fraction of sp³-hybridized carbons (Fsp3) is 0.357. The number of hydrogen-bond donors (Lipinski definition) is 2. The fourth-order valence-corrected chi connectivity index (χ4v) is 3.36. The van der Waals surface area contributed by atoms with Crippen molar-refractivity contribution in [3.05, 3.63) is 34.8 Å². The number of carbonyl (C=O) groups excluding carboxylic acids is 1. The van der Waals surface area contributed by atoms with Gasteiger partial charge in [-0.05, 0) is 41.7 Å². The highest BCUT2D eigenvalue weighted by atomic mass is 35.5. The van der Waals surface area contributed by atoms with Crippen molar-refractivity contribution in [3.63, 3.8) is 0 Å². The molecule has 0 radical (unpaired) electrons. The molecule has 1 aromatic carbocycles. The smallest absolute Gasteiger partial charge is 0.238 e. The lowest BCUT2D eigenvalue weighted by Crippen LogP contribution is -2.17. The zero-order valence-corrected chi connectivity index (χ0v) is 14.3. The average Bonchev–Trinajstić information content (AvgIpc) is 2.89. The third kappa shape index (κ3) is 3.63. The van der Waals surface area contributed by atoms with Gasteiger partial charge >= 0.3 is 0 Å². The standard InChI is InChI=1S/C14H16Cl2N2O3S/c1-14(2)10(7-11(15)16)12(14)13(19)18-8-3-5-9(6-4-8)22(17,20)21/h3-7,10,12H,1-2H3,(H,18,19)(H2,17,20,21)/t10-,12+/m1/s1. The maximum atomic E-state index is 12.3. The SMILES string of the molecule is CC1(C)[C@H](C=C(Cl)Cl)[C@H]1C(=O)Nc1ccc(S(N)(=O)=O)cc1. The molecule has 1 saturated carbocycles. The summed E-state index contributed by atoms with van der Waals surface area (Å²) in [4.78, 5) is 12.3. The number of allylic oxidation sites excluding steroid dienone is 1. The molecular weight excluding hydrogens is 347 g/mol. The van der Waals surface area contributed by atoms with Gasteiger partial charge in [-0.3, -0.25) is 4.79 Å². The summed E-state index contributed by atoms with van der Waals surface area (Å²) < 4.78 is 22.5. The van der Waals surface area contributed by atoms with Crippen LogP contribution in [0.4, 0.5) is 5.69 Å². The van der Waals surface area contributed by atoms with Crippen LogP contribution >= 0.6 is 23.2 Å². The molecule has 5 nitrogen and oxygen atoms in total. The molecule has 2 atom stereocenters. The minimum absolute atomic E-state index is 0.00742. The Labute approximate surface area is 139 Å². The third-order valence-corrected chi connectivity index (χ3v) is 5.13. The largest absolute Gasteiger partial charge is 0.326 e. The number of anilines is 1. The highest BCUT2D eigenvalue weighted by molar-refractivity contribution is 7.89. The van der Waals surface area contributed by atoms with Crippen molar-refractivity contribution in [2.75, 3.05) is 5.32 Å². The summed E-state index contributed by atoms with van der Waals surface area (Å²) in [5.74, 6) is -0.428. The van der Waals surface area contributed by atoms with Crippen molar-refractivity contribution >= 4 is 44.8 Å². The van der Waals surface area contributed by atoms with Crippen molar-refractivity contribution in [1.29, 1.82) is 0 Å². The van der Waals surface area contributed by atoms with Gasteiger partial charge in [-0.25, -0.2) is 13.6 Å². The third-order valence-electron chi connectivity index (χ3n) is 3.95. The summed E-state index contributed by atoms with van der Waals surface area (Å²) in [6.07, 6.45) is 1.66. The molecule has 2 rings (SSSR count). The Morgan fingerprint density at radius 3 is 2.27 bits per heavy atom. The van der Waals surface area contributed by atoms with Gasteiger partial charge in [-0.15, -0.1) is 0 Å². The molecule has 1 aliphatic carbocycles. The lowest BCUT2D eigenvalue weighted by atomic mass is 10.1. The van der Waals surface area contributed by atoms with E-state index in [0.717, 1.165) is 0 Å². The Balaban J connectivity index is 2.09. The molecule has 1 aromatic rings. The minimum atomic E-state index is -3.74. The van der Waals surface area contributed by atoms with Gasteiger partial charge in [-0.1, -0.05) is 37.0 Å². The second-order valence-corrected chi connectivity index (χ2v) is 8.41. The van der Waals surface area contributed by atoms with Crippen molar-refractivity contribution in [2.45, 2.75) is 18.7 Å². The van der Waals surface area contributed by atoms with E-state index in [1.807, 2.05) is 13.8 Å². The number of amides is 1. The summed E-state index contributed by atoms with van der Waals surface area (Å²) in [6, 6.07) is 5.67. The number of hydrogen-bond acceptors (Lipinski definition) is 3. The van der Waals surface area contributed by atoms with E-state index in [0.29, 0.717) is 5.69 Å². The van der Waals surface area contributed by atoms with Gasteiger partial charge in [0.1, 0.15) is 4.49 Å². The van der Waals surface area contributed by atoms with Gasteiger partial charge in [0.25, 0.3) is 0 Å². The number of carbonyl (C=O) groups is 1. The van der Waals surface area contributed by atoms with Gasteiger partial charge in [0.05, 0.1) is 10.8 Å². The summed E-state index contributed by atoms with van der Waals surface area (Å²) in [6.45, 7) is 3.92. The first-order valence-electron chi connectivity index (χ1n) is 6.50. The Kier molecular flexibility index (Phi) is 4.59.